The zero-order valence-corrected chi connectivity index (χ0v) is 9.48. The van der Waals surface area contributed by atoms with E-state index in [-0.39, 0.29) is 11.6 Å². The van der Waals surface area contributed by atoms with Crippen molar-refractivity contribution in [3.63, 3.8) is 0 Å². The third kappa shape index (κ3) is 3.25. The van der Waals surface area contributed by atoms with Gasteiger partial charge < -0.3 is 10.2 Å². The van der Waals surface area contributed by atoms with Gasteiger partial charge in [0.15, 0.2) is 0 Å². The van der Waals surface area contributed by atoms with E-state index in [0.717, 1.165) is 19.3 Å². The Bertz CT molecular complexity index is 154. The lowest BCUT2D eigenvalue weighted by atomic mass is 9.90. The Morgan fingerprint density at radius 3 is 1.77 bits per heavy atom. The first-order valence-corrected chi connectivity index (χ1v) is 5.00. The smallest absolute Gasteiger partial charge is 0.317 e. The van der Waals surface area contributed by atoms with Gasteiger partial charge in [-0.3, -0.25) is 0 Å². The van der Waals surface area contributed by atoms with Crippen LogP contribution in [0.15, 0.2) is 0 Å². The van der Waals surface area contributed by atoms with Crippen molar-refractivity contribution in [3.05, 3.63) is 0 Å². The highest BCUT2D eigenvalue weighted by molar-refractivity contribution is 5.74. The largest absolute Gasteiger partial charge is 0.333 e. The summed E-state index contributed by atoms with van der Waals surface area (Å²) in [5.74, 6) is 0. The van der Waals surface area contributed by atoms with Crippen molar-refractivity contribution in [3.8, 4) is 0 Å². The molecular formula is C10H22N2O. The molecule has 2 amide bonds. The van der Waals surface area contributed by atoms with Crippen LogP contribution in [0.2, 0.25) is 0 Å². The number of nitrogens with zero attached hydrogens (tertiary/aromatic N) is 1. The second-order valence-corrected chi connectivity index (χ2v) is 3.67. The lowest BCUT2D eigenvalue weighted by Crippen LogP contribution is -2.50. The van der Waals surface area contributed by atoms with Crippen LogP contribution >= 0.6 is 0 Å². The Morgan fingerprint density at radius 2 is 1.54 bits per heavy atom. The number of rotatable bonds is 4. The maximum atomic E-state index is 11.4. The Hall–Kier alpha value is -0.730. The molecular weight excluding hydrogens is 164 g/mol. The molecule has 1 N–H and O–H groups in total. The third-order valence-corrected chi connectivity index (χ3v) is 2.81. The molecule has 78 valence electrons. The molecule has 0 aliphatic carbocycles. The van der Waals surface area contributed by atoms with Gasteiger partial charge in [0, 0.05) is 19.6 Å². The summed E-state index contributed by atoms with van der Waals surface area (Å²) in [6.07, 6.45) is 2.96. The van der Waals surface area contributed by atoms with Crippen LogP contribution in [-0.4, -0.2) is 30.6 Å². The molecule has 0 aliphatic rings. The molecule has 3 nitrogen and oxygen atoms in total. The second-order valence-electron chi connectivity index (χ2n) is 3.67. The minimum atomic E-state index is -0.0125. The highest BCUT2D eigenvalue weighted by atomic mass is 16.2. The molecule has 0 rings (SSSR count). The SMILES string of the molecule is CCC(CC)(CC)NC(=O)N(C)C. The lowest BCUT2D eigenvalue weighted by Gasteiger charge is -2.33. The van der Waals surface area contributed by atoms with Crippen LogP contribution in [0, 0.1) is 0 Å². The van der Waals surface area contributed by atoms with Crippen LogP contribution in [0.3, 0.4) is 0 Å². The van der Waals surface area contributed by atoms with E-state index in [1.54, 1.807) is 19.0 Å². The van der Waals surface area contributed by atoms with Crippen molar-refractivity contribution in [2.24, 2.45) is 0 Å². The van der Waals surface area contributed by atoms with Gasteiger partial charge in [-0.05, 0) is 19.3 Å². The number of amides is 2. The molecule has 0 aromatic carbocycles. The Kier molecular flexibility index (Phi) is 4.81. The molecule has 0 fully saturated rings. The van der Waals surface area contributed by atoms with Gasteiger partial charge in [0.1, 0.15) is 0 Å². The zero-order chi connectivity index (χ0) is 10.5. The minimum Gasteiger partial charge on any atom is -0.333 e. The maximum absolute atomic E-state index is 11.4. The van der Waals surface area contributed by atoms with E-state index in [4.69, 9.17) is 0 Å². The van der Waals surface area contributed by atoms with Gasteiger partial charge in [0.2, 0.25) is 0 Å². The van der Waals surface area contributed by atoms with E-state index in [9.17, 15) is 4.79 Å². The van der Waals surface area contributed by atoms with Gasteiger partial charge in [0.25, 0.3) is 0 Å². The summed E-state index contributed by atoms with van der Waals surface area (Å²) in [6.45, 7) is 6.34. The molecule has 0 aliphatic heterocycles. The first kappa shape index (κ1) is 12.3. The average molecular weight is 186 g/mol. The van der Waals surface area contributed by atoms with Crippen LogP contribution in [0.25, 0.3) is 0 Å². The molecule has 0 heterocycles. The van der Waals surface area contributed by atoms with Crippen LogP contribution < -0.4 is 5.32 Å². The molecule has 0 atom stereocenters. The van der Waals surface area contributed by atoms with E-state index in [0.29, 0.717) is 0 Å². The first-order valence-electron chi connectivity index (χ1n) is 5.00. The molecule has 0 radical (unpaired) electrons. The van der Waals surface area contributed by atoms with Gasteiger partial charge in [-0.25, -0.2) is 4.79 Å². The standard InChI is InChI=1S/C10H22N2O/c1-6-10(7-2,8-3)11-9(13)12(4)5/h6-8H2,1-5H3,(H,11,13). The van der Waals surface area contributed by atoms with Crippen molar-refractivity contribution in [2.45, 2.75) is 45.6 Å². The van der Waals surface area contributed by atoms with Gasteiger partial charge in [-0.1, -0.05) is 20.8 Å². The summed E-state index contributed by atoms with van der Waals surface area (Å²) in [4.78, 5) is 13.0. The number of carbonyl (C=O) groups excluding carboxylic acids is 1. The second kappa shape index (κ2) is 5.10. The average Bonchev–Trinajstić information content (AvgIpc) is 2.14. The Morgan fingerprint density at radius 1 is 1.15 bits per heavy atom. The van der Waals surface area contributed by atoms with Crippen molar-refractivity contribution >= 4 is 6.03 Å². The predicted molar refractivity (Wildman–Crippen MR) is 55.8 cm³/mol. The Labute approximate surface area is 81.5 Å². The number of carbonyl (C=O) groups is 1. The van der Waals surface area contributed by atoms with Gasteiger partial charge in [-0.2, -0.15) is 0 Å². The van der Waals surface area contributed by atoms with Crippen molar-refractivity contribution in [1.82, 2.24) is 10.2 Å². The quantitative estimate of drug-likeness (QED) is 0.717. The van der Waals surface area contributed by atoms with Crippen molar-refractivity contribution < 1.29 is 4.79 Å². The lowest BCUT2D eigenvalue weighted by molar-refractivity contribution is 0.195. The molecule has 0 saturated carbocycles. The van der Waals surface area contributed by atoms with E-state index < -0.39 is 0 Å². The molecule has 0 saturated heterocycles. The minimum absolute atomic E-state index is 0.00514. The van der Waals surface area contributed by atoms with E-state index in [1.807, 2.05) is 0 Å². The van der Waals surface area contributed by atoms with Crippen molar-refractivity contribution in [2.75, 3.05) is 14.1 Å². The summed E-state index contributed by atoms with van der Waals surface area (Å²) >= 11 is 0. The first-order chi connectivity index (χ1) is 6.01. The molecule has 0 aromatic heterocycles. The molecule has 3 heteroatoms. The van der Waals surface area contributed by atoms with Crippen LogP contribution in [0.4, 0.5) is 4.79 Å². The summed E-state index contributed by atoms with van der Waals surface area (Å²) in [7, 11) is 3.53. The summed E-state index contributed by atoms with van der Waals surface area (Å²) in [5.41, 5.74) is -0.0125. The third-order valence-electron chi connectivity index (χ3n) is 2.81. The van der Waals surface area contributed by atoms with Gasteiger partial charge in [0.05, 0.1) is 0 Å². The fourth-order valence-corrected chi connectivity index (χ4v) is 1.35. The Balaban J connectivity index is 4.33. The number of hydrogen-bond acceptors (Lipinski definition) is 1. The molecule has 0 bridgehead atoms. The number of urea groups is 1. The monoisotopic (exact) mass is 186 g/mol. The molecule has 13 heavy (non-hydrogen) atoms. The fourth-order valence-electron chi connectivity index (χ4n) is 1.35. The van der Waals surface area contributed by atoms with Gasteiger partial charge in [-0.15, -0.1) is 0 Å². The number of hydrogen-bond donors (Lipinski definition) is 1. The van der Waals surface area contributed by atoms with Crippen LogP contribution in [0.5, 0.6) is 0 Å². The molecule has 0 aromatic rings. The van der Waals surface area contributed by atoms with E-state index in [1.165, 1.54) is 0 Å². The van der Waals surface area contributed by atoms with Crippen LogP contribution in [0.1, 0.15) is 40.0 Å². The summed E-state index contributed by atoms with van der Waals surface area (Å²) < 4.78 is 0. The normalized spacial score (nSPS) is 11.2. The van der Waals surface area contributed by atoms with Crippen LogP contribution in [-0.2, 0) is 0 Å². The summed E-state index contributed by atoms with van der Waals surface area (Å²) in [5, 5.41) is 3.07. The highest BCUT2D eigenvalue weighted by Gasteiger charge is 2.26. The maximum Gasteiger partial charge on any atom is 0.317 e. The van der Waals surface area contributed by atoms with E-state index >= 15 is 0 Å². The zero-order valence-electron chi connectivity index (χ0n) is 9.48. The fraction of sp³-hybridized carbons (Fsp3) is 0.900. The highest BCUT2D eigenvalue weighted by Crippen LogP contribution is 2.19. The topological polar surface area (TPSA) is 32.3 Å². The number of nitrogens with one attached hydrogen (secondary N) is 1. The van der Waals surface area contributed by atoms with Crippen molar-refractivity contribution in [1.29, 1.82) is 0 Å². The molecule has 0 spiro atoms. The van der Waals surface area contributed by atoms with Gasteiger partial charge >= 0.3 is 6.03 Å². The molecule has 0 unspecified atom stereocenters. The predicted octanol–water partition coefficient (Wildman–Crippen LogP) is 2.23. The summed E-state index contributed by atoms with van der Waals surface area (Å²) in [6, 6.07) is 0.00514. The van der Waals surface area contributed by atoms with E-state index in [2.05, 4.69) is 26.1 Å².